The third-order valence-corrected chi connectivity index (χ3v) is 7.44. The predicted octanol–water partition coefficient (Wildman–Crippen LogP) is 8.30. The fourth-order valence-corrected chi connectivity index (χ4v) is 5.85. The van der Waals surface area contributed by atoms with E-state index < -0.39 is 0 Å². The Morgan fingerprint density at radius 3 is 2.23 bits per heavy atom. The Labute approximate surface area is 163 Å². The van der Waals surface area contributed by atoms with E-state index in [0.29, 0.717) is 0 Å². The zero-order valence-corrected chi connectivity index (χ0v) is 17.5. The molecule has 1 aromatic carbocycles. The number of hydrogen-bond acceptors (Lipinski definition) is 0. The lowest BCUT2D eigenvalue weighted by molar-refractivity contribution is 0.114. The van der Waals surface area contributed by atoms with Gasteiger partial charge in [-0.15, -0.1) is 0 Å². The van der Waals surface area contributed by atoms with Crippen LogP contribution in [-0.2, 0) is 6.42 Å². The Bertz CT molecular complexity index is 499. The van der Waals surface area contributed by atoms with Gasteiger partial charge in [-0.3, -0.25) is 0 Å². The first-order valence-corrected chi connectivity index (χ1v) is 11.9. The Morgan fingerprint density at radius 2 is 1.46 bits per heavy atom. The Balaban J connectivity index is 1.45. The van der Waals surface area contributed by atoms with Crippen molar-refractivity contribution in [2.75, 3.05) is 0 Å². The van der Waals surface area contributed by atoms with Crippen molar-refractivity contribution < 1.29 is 0 Å². The number of aryl methyl sites for hydroxylation is 1. The van der Waals surface area contributed by atoms with E-state index >= 15 is 0 Å². The molecule has 2 aliphatic rings. The molecule has 0 nitrogen and oxygen atoms in total. The lowest BCUT2D eigenvalue weighted by atomic mass is 9.63. The summed E-state index contributed by atoms with van der Waals surface area (Å²) < 4.78 is 0. The second-order valence-corrected chi connectivity index (χ2v) is 9.40. The molecule has 2 fully saturated rings. The molecule has 1 aromatic rings. The van der Waals surface area contributed by atoms with Gasteiger partial charge in [0.1, 0.15) is 0 Å². The molecule has 0 aliphatic heterocycles. The molecule has 0 bridgehead atoms. The van der Waals surface area contributed by atoms with Crippen molar-refractivity contribution in [2.45, 2.75) is 110 Å². The molecule has 0 N–H and O–H groups in total. The van der Waals surface area contributed by atoms with Crippen LogP contribution in [-0.4, -0.2) is 0 Å². The highest BCUT2D eigenvalue weighted by Gasteiger charge is 2.35. The second-order valence-electron chi connectivity index (χ2n) is 9.40. The van der Waals surface area contributed by atoms with E-state index in [-0.39, 0.29) is 0 Å². The summed E-state index contributed by atoms with van der Waals surface area (Å²) >= 11 is 0. The van der Waals surface area contributed by atoms with E-state index in [2.05, 4.69) is 38.1 Å². The molecule has 2 aliphatic carbocycles. The average Bonchev–Trinajstić information content (AvgIpc) is 2.68. The topological polar surface area (TPSA) is 0 Å². The van der Waals surface area contributed by atoms with Crippen molar-refractivity contribution in [1.29, 1.82) is 0 Å². The first kappa shape index (κ1) is 20.0. The van der Waals surface area contributed by atoms with E-state index in [1.165, 1.54) is 83.5 Å². The van der Waals surface area contributed by atoms with Gasteiger partial charge in [0.15, 0.2) is 0 Å². The van der Waals surface area contributed by atoms with E-state index in [4.69, 9.17) is 0 Å². The van der Waals surface area contributed by atoms with Crippen LogP contribution < -0.4 is 0 Å². The predicted molar refractivity (Wildman–Crippen MR) is 115 cm³/mol. The van der Waals surface area contributed by atoms with E-state index in [0.717, 1.165) is 23.7 Å². The summed E-state index contributed by atoms with van der Waals surface area (Å²) in [5.41, 5.74) is 3.19. The smallest absolute Gasteiger partial charge is 0.0159 e. The number of fused-ring (bicyclic) bond motifs is 1. The van der Waals surface area contributed by atoms with Gasteiger partial charge in [0.05, 0.1) is 0 Å². The van der Waals surface area contributed by atoms with Gasteiger partial charge in [0.2, 0.25) is 0 Å². The van der Waals surface area contributed by atoms with Crippen LogP contribution in [0.15, 0.2) is 24.3 Å². The second kappa shape index (κ2) is 10.5. The van der Waals surface area contributed by atoms with Crippen molar-refractivity contribution in [1.82, 2.24) is 0 Å². The van der Waals surface area contributed by atoms with Crippen molar-refractivity contribution in [3.8, 4) is 0 Å². The summed E-state index contributed by atoms with van der Waals surface area (Å²) in [4.78, 5) is 0. The molecule has 0 radical (unpaired) electrons. The van der Waals surface area contributed by atoms with Crippen LogP contribution in [0.25, 0.3) is 0 Å². The number of rotatable bonds is 9. The third-order valence-electron chi connectivity index (χ3n) is 7.44. The molecule has 2 saturated carbocycles. The molecule has 0 heteroatoms. The maximum absolute atomic E-state index is 2.47. The summed E-state index contributed by atoms with van der Waals surface area (Å²) in [6.45, 7) is 4.65. The monoisotopic (exact) mass is 354 g/mol. The Morgan fingerprint density at radius 1 is 0.731 bits per heavy atom. The standard InChI is InChI=1S/C26H42/c1-3-5-6-7-8-10-21-11-14-23(15-12-21)25-18-17-24-19-22(9-4-2)13-16-26(24)20-25/h11-12,14-15,22,24-26H,3-10,13,16-20H2,1-2H3/t22-,24-,25+,26+/m0/s1. The summed E-state index contributed by atoms with van der Waals surface area (Å²) in [6, 6.07) is 9.79. The highest BCUT2D eigenvalue weighted by atomic mass is 14.4. The third kappa shape index (κ3) is 5.61. The molecule has 0 unspecified atom stereocenters. The van der Waals surface area contributed by atoms with Gasteiger partial charge in [-0.05, 0) is 79.7 Å². The number of hydrogen-bond donors (Lipinski definition) is 0. The first-order valence-electron chi connectivity index (χ1n) is 11.9. The van der Waals surface area contributed by atoms with E-state index in [1.54, 1.807) is 17.5 Å². The quantitative estimate of drug-likeness (QED) is 0.391. The fraction of sp³-hybridized carbons (Fsp3) is 0.769. The SMILES string of the molecule is CCCCCCCc1ccc([C@@H]2CC[C@H]3C[C@@H](CCC)CC[C@@H]3C2)cc1. The largest absolute Gasteiger partial charge is 0.0654 e. The molecule has 0 heterocycles. The molecule has 0 amide bonds. The van der Waals surface area contributed by atoms with Crippen LogP contribution in [0.4, 0.5) is 0 Å². The van der Waals surface area contributed by atoms with Gasteiger partial charge in [0.25, 0.3) is 0 Å². The summed E-state index contributed by atoms with van der Waals surface area (Å²) in [5.74, 6) is 3.98. The summed E-state index contributed by atoms with van der Waals surface area (Å²) in [6.07, 6.45) is 20.1. The van der Waals surface area contributed by atoms with Crippen molar-refractivity contribution in [3.63, 3.8) is 0 Å². The first-order chi connectivity index (χ1) is 12.8. The minimum atomic E-state index is 0.845. The minimum Gasteiger partial charge on any atom is -0.0654 e. The summed E-state index contributed by atoms with van der Waals surface area (Å²) in [7, 11) is 0. The van der Waals surface area contributed by atoms with Crippen LogP contribution in [0.3, 0.4) is 0 Å². The summed E-state index contributed by atoms with van der Waals surface area (Å²) in [5, 5.41) is 0. The number of unbranched alkanes of at least 4 members (excludes halogenated alkanes) is 4. The van der Waals surface area contributed by atoms with E-state index in [1.807, 2.05) is 0 Å². The zero-order valence-electron chi connectivity index (χ0n) is 17.5. The molecule has 0 spiro atoms. The average molecular weight is 355 g/mol. The van der Waals surface area contributed by atoms with Gasteiger partial charge in [0, 0.05) is 0 Å². The van der Waals surface area contributed by atoms with Crippen molar-refractivity contribution in [3.05, 3.63) is 35.4 Å². The molecule has 0 saturated heterocycles. The molecule has 0 aromatic heterocycles. The van der Waals surface area contributed by atoms with Gasteiger partial charge in [-0.1, -0.05) is 83.1 Å². The fourth-order valence-electron chi connectivity index (χ4n) is 5.85. The van der Waals surface area contributed by atoms with E-state index in [9.17, 15) is 0 Å². The van der Waals surface area contributed by atoms with Crippen molar-refractivity contribution in [2.24, 2.45) is 17.8 Å². The maximum atomic E-state index is 2.47. The maximum Gasteiger partial charge on any atom is -0.0159 e. The van der Waals surface area contributed by atoms with Crippen LogP contribution >= 0.6 is 0 Å². The number of benzene rings is 1. The van der Waals surface area contributed by atoms with Crippen LogP contribution in [0.2, 0.25) is 0 Å². The lowest BCUT2D eigenvalue weighted by Gasteiger charge is -2.42. The van der Waals surface area contributed by atoms with Gasteiger partial charge >= 0.3 is 0 Å². The van der Waals surface area contributed by atoms with Crippen LogP contribution in [0.5, 0.6) is 0 Å². The minimum absolute atomic E-state index is 0.845. The van der Waals surface area contributed by atoms with Gasteiger partial charge < -0.3 is 0 Å². The van der Waals surface area contributed by atoms with Crippen LogP contribution in [0.1, 0.15) is 114 Å². The Kier molecular flexibility index (Phi) is 8.08. The van der Waals surface area contributed by atoms with Gasteiger partial charge in [-0.25, -0.2) is 0 Å². The highest BCUT2D eigenvalue weighted by Crippen LogP contribution is 2.48. The molecular weight excluding hydrogens is 312 g/mol. The normalized spacial score (nSPS) is 28.7. The molecular formula is C26H42. The van der Waals surface area contributed by atoms with Gasteiger partial charge in [-0.2, -0.15) is 0 Å². The molecule has 4 atom stereocenters. The Hall–Kier alpha value is -0.780. The highest BCUT2D eigenvalue weighted by molar-refractivity contribution is 5.26. The molecule has 146 valence electrons. The zero-order chi connectivity index (χ0) is 18.2. The van der Waals surface area contributed by atoms with Crippen LogP contribution in [0, 0.1) is 17.8 Å². The van der Waals surface area contributed by atoms with Crippen molar-refractivity contribution >= 4 is 0 Å². The molecule has 26 heavy (non-hydrogen) atoms. The molecule has 3 rings (SSSR count). The lowest BCUT2D eigenvalue weighted by Crippen LogP contribution is -2.30.